The second-order valence-corrected chi connectivity index (χ2v) is 6.46. The number of anilines is 2. The topological polar surface area (TPSA) is 58.2 Å². The van der Waals surface area contributed by atoms with Gasteiger partial charge in [-0.25, -0.2) is 0 Å². The summed E-state index contributed by atoms with van der Waals surface area (Å²) in [6.07, 6.45) is 3.32. The van der Waals surface area contributed by atoms with Gasteiger partial charge < -0.3 is 10.6 Å². The minimum Gasteiger partial charge on any atom is -0.318 e. The van der Waals surface area contributed by atoms with Gasteiger partial charge in [-0.1, -0.05) is 25.5 Å². The van der Waals surface area contributed by atoms with Crippen LogP contribution in [0.15, 0.2) is 48.5 Å². The first-order valence-corrected chi connectivity index (χ1v) is 8.63. The van der Waals surface area contributed by atoms with E-state index in [4.69, 9.17) is 0 Å². The van der Waals surface area contributed by atoms with Gasteiger partial charge in [0.1, 0.15) is 0 Å². The quantitative estimate of drug-likeness (QED) is 0.560. The smallest absolute Gasteiger partial charge is 0.314 e. The van der Waals surface area contributed by atoms with Crippen LogP contribution in [0.25, 0.3) is 0 Å². The number of carbonyl (C=O) groups excluding carboxylic acids is 2. The van der Waals surface area contributed by atoms with Gasteiger partial charge in [0.05, 0.1) is 0 Å². The van der Waals surface area contributed by atoms with Crippen LogP contribution in [0.1, 0.15) is 25.3 Å². The third-order valence-electron chi connectivity index (χ3n) is 3.34. The predicted molar refractivity (Wildman–Crippen MR) is 101 cm³/mol. The van der Waals surface area contributed by atoms with Crippen molar-refractivity contribution in [3.05, 3.63) is 57.7 Å². The summed E-state index contributed by atoms with van der Waals surface area (Å²) in [5, 5.41) is 5.18. The van der Waals surface area contributed by atoms with Crippen molar-refractivity contribution in [1.82, 2.24) is 0 Å². The van der Waals surface area contributed by atoms with E-state index >= 15 is 0 Å². The summed E-state index contributed by atoms with van der Waals surface area (Å²) in [4.78, 5) is 23.8. The number of halogens is 1. The van der Waals surface area contributed by atoms with Crippen molar-refractivity contribution in [3.63, 3.8) is 0 Å². The second kappa shape index (κ2) is 8.67. The summed E-state index contributed by atoms with van der Waals surface area (Å²) in [5.41, 5.74) is 2.45. The molecule has 0 aromatic heterocycles. The highest BCUT2D eigenvalue weighted by molar-refractivity contribution is 14.1. The molecule has 2 N–H and O–H groups in total. The summed E-state index contributed by atoms with van der Waals surface area (Å²) >= 11 is 2.18. The fourth-order valence-corrected chi connectivity index (χ4v) is 2.40. The molecule has 4 nitrogen and oxygen atoms in total. The number of aryl methyl sites for hydroxylation is 1. The molecule has 0 atom stereocenters. The number of hydrogen-bond donors (Lipinski definition) is 2. The van der Waals surface area contributed by atoms with Crippen LogP contribution in [0.2, 0.25) is 0 Å². The average Bonchev–Trinajstić information content (AvgIpc) is 2.56. The van der Waals surface area contributed by atoms with Gasteiger partial charge in [-0.2, -0.15) is 0 Å². The number of hydrogen-bond acceptors (Lipinski definition) is 2. The van der Waals surface area contributed by atoms with Gasteiger partial charge in [0.25, 0.3) is 0 Å². The number of benzene rings is 2. The van der Waals surface area contributed by atoms with Crippen LogP contribution in [-0.4, -0.2) is 11.8 Å². The molecule has 0 fully saturated rings. The first kappa shape index (κ1) is 17.5. The molecule has 0 radical (unpaired) electrons. The van der Waals surface area contributed by atoms with Crippen molar-refractivity contribution >= 4 is 45.8 Å². The van der Waals surface area contributed by atoms with E-state index in [2.05, 4.69) is 40.1 Å². The van der Waals surface area contributed by atoms with E-state index in [0.29, 0.717) is 11.4 Å². The molecule has 5 heteroatoms. The van der Waals surface area contributed by atoms with Gasteiger partial charge in [-0.3, -0.25) is 9.59 Å². The Labute approximate surface area is 149 Å². The number of rotatable bonds is 5. The van der Waals surface area contributed by atoms with Crippen LogP contribution in [0, 0.1) is 3.57 Å². The van der Waals surface area contributed by atoms with E-state index in [0.717, 1.165) is 22.8 Å². The van der Waals surface area contributed by atoms with Gasteiger partial charge in [-0.15, -0.1) is 0 Å². The van der Waals surface area contributed by atoms with Gasteiger partial charge in [-0.05, 0) is 77.4 Å². The molecule has 0 unspecified atom stereocenters. The highest BCUT2D eigenvalue weighted by Gasteiger charge is 2.13. The molecule has 2 aromatic carbocycles. The Bertz CT molecular complexity index is 666. The summed E-state index contributed by atoms with van der Waals surface area (Å²) in [6, 6.07) is 14.8. The van der Waals surface area contributed by atoms with Crippen molar-refractivity contribution in [2.75, 3.05) is 10.6 Å². The van der Waals surface area contributed by atoms with Crippen molar-refractivity contribution < 1.29 is 9.59 Å². The Morgan fingerprint density at radius 3 is 1.83 bits per heavy atom. The van der Waals surface area contributed by atoms with Crippen LogP contribution in [0.4, 0.5) is 11.4 Å². The minimum atomic E-state index is -0.679. The Kier molecular flexibility index (Phi) is 6.58. The van der Waals surface area contributed by atoms with Crippen molar-refractivity contribution in [3.8, 4) is 0 Å². The van der Waals surface area contributed by atoms with E-state index < -0.39 is 11.8 Å². The van der Waals surface area contributed by atoms with Crippen LogP contribution in [-0.2, 0) is 16.0 Å². The van der Waals surface area contributed by atoms with Gasteiger partial charge in [0.2, 0.25) is 0 Å². The molecule has 0 heterocycles. The molecule has 0 bridgehead atoms. The van der Waals surface area contributed by atoms with Crippen molar-refractivity contribution in [1.29, 1.82) is 0 Å². The Balaban J connectivity index is 1.90. The molecule has 0 saturated carbocycles. The first-order valence-electron chi connectivity index (χ1n) is 7.55. The second-order valence-electron chi connectivity index (χ2n) is 5.22. The molecule has 0 aliphatic heterocycles. The SMILES string of the molecule is CCCCc1ccc(NC(=O)C(=O)Nc2ccc(I)cc2)cc1. The molecule has 2 rings (SSSR count). The number of carbonyl (C=O) groups is 2. The van der Waals surface area contributed by atoms with E-state index in [9.17, 15) is 9.59 Å². The zero-order valence-corrected chi connectivity index (χ0v) is 15.1. The molecule has 120 valence electrons. The number of nitrogens with one attached hydrogen (secondary N) is 2. The lowest BCUT2D eigenvalue weighted by atomic mass is 10.1. The molecular weight excluding hydrogens is 403 g/mol. The van der Waals surface area contributed by atoms with Crippen LogP contribution < -0.4 is 10.6 Å². The fraction of sp³-hybridized carbons (Fsp3) is 0.222. The Hall–Kier alpha value is -1.89. The molecule has 2 aromatic rings. The van der Waals surface area contributed by atoms with Crippen LogP contribution in [0.3, 0.4) is 0 Å². The minimum absolute atomic E-state index is 0.598. The average molecular weight is 422 g/mol. The molecule has 23 heavy (non-hydrogen) atoms. The highest BCUT2D eigenvalue weighted by Crippen LogP contribution is 2.13. The van der Waals surface area contributed by atoms with E-state index in [-0.39, 0.29) is 0 Å². The monoisotopic (exact) mass is 422 g/mol. The van der Waals surface area contributed by atoms with Gasteiger partial charge in [0, 0.05) is 14.9 Å². The lowest BCUT2D eigenvalue weighted by Crippen LogP contribution is -2.29. The van der Waals surface area contributed by atoms with Crippen LogP contribution >= 0.6 is 22.6 Å². The molecule has 0 spiro atoms. The fourth-order valence-electron chi connectivity index (χ4n) is 2.04. The highest BCUT2D eigenvalue weighted by atomic mass is 127. The van der Waals surface area contributed by atoms with Crippen molar-refractivity contribution in [2.24, 2.45) is 0 Å². The molecule has 0 aliphatic carbocycles. The Morgan fingerprint density at radius 1 is 0.870 bits per heavy atom. The summed E-state index contributed by atoms with van der Waals surface area (Å²) in [5.74, 6) is -1.36. The first-order chi connectivity index (χ1) is 11.1. The number of amides is 2. The lowest BCUT2D eigenvalue weighted by molar-refractivity contribution is -0.132. The van der Waals surface area contributed by atoms with Crippen LogP contribution in [0.5, 0.6) is 0 Å². The largest absolute Gasteiger partial charge is 0.318 e. The maximum Gasteiger partial charge on any atom is 0.314 e. The summed E-state index contributed by atoms with van der Waals surface area (Å²) < 4.78 is 1.06. The maximum absolute atomic E-state index is 11.9. The molecule has 0 saturated heterocycles. The summed E-state index contributed by atoms with van der Waals surface area (Å²) in [7, 11) is 0. The zero-order chi connectivity index (χ0) is 16.7. The zero-order valence-electron chi connectivity index (χ0n) is 12.9. The van der Waals surface area contributed by atoms with Gasteiger partial charge >= 0.3 is 11.8 Å². The Morgan fingerprint density at radius 2 is 1.35 bits per heavy atom. The van der Waals surface area contributed by atoms with Crippen molar-refractivity contribution in [2.45, 2.75) is 26.2 Å². The summed E-state index contributed by atoms with van der Waals surface area (Å²) in [6.45, 7) is 2.15. The normalized spacial score (nSPS) is 10.2. The molecule has 0 aliphatic rings. The third kappa shape index (κ3) is 5.67. The number of unbranched alkanes of at least 4 members (excludes halogenated alkanes) is 1. The maximum atomic E-state index is 11.9. The van der Waals surface area contributed by atoms with E-state index in [1.807, 2.05) is 36.4 Å². The standard InChI is InChI=1S/C18H19IN2O2/c1-2-3-4-13-5-9-15(10-6-13)20-17(22)18(23)21-16-11-7-14(19)8-12-16/h5-12H,2-4H2,1H3,(H,20,22)(H,21,23). The van der Waals surface area contributed by atoms with Gasteiger partial charge in [0.15, 0.2) is 0 Å². The molecule has 2 amide bonds. The third-order valence-corrected chi connectivity index (χ3v) is 4.06. The predicted octanol–water partition coefficient (Wildman–Crippen LogP) is 4.21. The molecular formula is C18H19IN2O2. The lowest BCUT2D eigenvalue weighted by Gasteiger charge is -2.07. The van der Waals surface area contributed by atoms with E-state index in [1.54, 1.807) is 12.1 Å². The van der Waals surface area contributed by atoms with E-state index in [1.165, 1.54) is 5.56 Å².